The fourth-order valence-corrected chi connectivity index (χ4v) is 3.94. The van der Waals surface area contributed by atoms with Crippen molar-refractivity contribution in [3.63, 3.8) is 0 Å². The first kappa shape index (κ1) is 11.3. The van der Waals surface area contributed by atoms with Crippen molar-refractivity contribution in [2.24, 2.45) is 5.92 Å². The molecule has 3 rings (SSSR count). The van der Waals surface area contributed by atoms with Crippen molar-refractivity contribution in [3.8, 4) is 0 Å². The van der Waals surface area contributed by atoms with Crippen molar-refractivity contribution in [2.75, 3.05) is 12.4 Å². The van der Waals surface area contributed by atoms with E-state index in [4.69, 9.17) is 9.97 Å². The molecule has 1 aromatic heterocycles. The Bertz CT molecular complexity index is 433. The molecule has 1 N–H and O–H groups in total. The van der Waals surface area contributed by atoms with Gasteiger partial charge in [-0.3, -0.25) is 0 Å². The van der Waals surface area contributed by atoms with Crippen molar-refractivity contribution < 1.29 is 0 Å². The van der Waals surface area contributed by atoms with Gasteiger partial charge in [0.2, 0.25) is 0 Å². The second-order valence-corrected chi connectivity index (χ2v) is 6.20. The average Bonchev–Trinajstić information content (AvgIpc) is 2.95. The van der Waals surface area contributed by atoms with E-state index in [-0.39, 0.29) is 0 Å². The van der Waals surface area contributed by atoms with Crippen molar-refractivity contribution in [1.82, 2.24) is 9.97 Å². The topological polar surface area (TPSA) is 37.8 Å². The molecule has 0 spiro atoms. The highest BCUT2D eigenvalue weighted by Gasteiger charge is 2.27. The van der Waals surface area contributed by atoms with Crippen LogP contribution in [0.5, 0.6) is 0 Å². The normalized spacial score (nSPS) is 27.2. The molecule has 2 atom stereocenters. The molecule has 3 nitrogen and oxygen atoms in total. The van der Waals surface area contributed by atoms with Crippen LogP contribution in [0.15, 0.2) is 0 Å². The van der Waals surface area contributed by atoms with Crippen LogP contribution < -0.4 is 5.32 Å². The third kappa shape index (κ3) is 2.03. The van der Waals surface area contributed by atoms with E-state index >= 15 is 0 Å². The monoisotopic (exact) mass is 249 g/mol. The summed E-state index contributed by atoms with van der Waals surface area (Å²) in [5.41, 5.74) is 2.59. The van der Waals surface area contributed by atoms with Crippen molar-refractivity contribution in [2.45, 2.75) is 43.6 Å². The van der Waals surface area contributed by atoms with Gasteiger partial charge in [0.25, 0.3) is 0 Å². The van der Waals surface area contributed by atoms with Gasteiger partial charge >= 0.3 is 0 Å². The SMILES string of the molecule is CNc1nc(C2CCC(C)C2)nc2c1CSC2. The Morgan fingerprint density at radius 3 is 2.82 bits per heavy atom. The Kier molecular flexibility index (Phi) is 2.99. The molecule has 0 bridgehead atoms. The third-order valence-corrected chi connectivity index (χ3v) is 4.86. The Balaban J connectivity index is 1.95. The van der Waals surface area contributed by atoms with Gasteiger partial charge in [0.05, 0.1) is 5.69 Å². The van der Waals surface area contributed by atoms with E-state index in [2.05, 4.69) is 12.2 Å². The molecule has 1 saturated carbocycles. The number of nitrogens with one attached hydrogen (secondary N) is 1. The van der Waals surface area contributed by atoms with Gasteiger partial charge in [0.1, 0.15) is 11.6 Å². The summed E-state index contributed by atoms with van der Waals surface area (Å²) in [6.07, 6.45) is 3.85. The number of thioether (sulfide) groups is 1. The average molecular weight is 249 g/mol. The number of rotatable bonds is 2. The summed E-state index contributed by atoms with van der Waals surface area (Å²) in [6, 6.07) is 0. The zero-order chi connectivity index (χ0) is 11.8. The minimum Gasteiger partial charge on any atom is -0.373 e. The van der Waals surface area contributed by atoms with E-state index in [9.17, 15) is 0 Å². The third-order valence-electron chi connectivity index (χ3n) is 3.89. The molecule has 0 aromatic carbocycles. The first-order valence-corrected chi connectivity index (χ1v) is 7.58. The van der Waals surface area contributed by atoms with Gasteiger partial charge in [0, 0.05) is 30.0 Å². The number of aromatic nitrogens is 2. The molecule has 0 saturated heterocycles. The standard InChI is InChI=1S/C13H19N3S/c1-8-3-4-9(5-8)12-15-11-7-17-6-10(11)13(14-2)16-12/h8-9H,3-7H2,1-2H3,(H,14,15,16). The summed E-state index contributed by atoms with van der Waals surface area (Å²) >= 11 is 1.94. The number of anilines is 1. The Hall–Kier alpha value is -0.770. The molecule has 0 radical (unpaired) electrons. The molecule has 2 heterocycles. The molecule has 92 valence electrons. The maximum absolute atomic E-state index is 4.81. The lowest BCUT2D eigenvalue weighted by Gasteiger charge is -2.13. The summed E-state index contributed by atoms with van der Waals surface area (Å²) in [5, 5.41) is 3.24. The second kappa shape index (κ2) is 4.48. The maximum atomic E-state index is 4.81. The van der Waals surface area contributed by atoms with Gasteiger partial charge in [0.15, 0.2) is 0 Å². The van der Waals surface area contributed by atoms with E-state index in [1.54, 1.807) is 0 Å². The molecule has 0 amide bonds. The van der Waals surface area contributed by atoms with Crippen LogP contribution in [-0.4, -0.2) is 17.0 Å². The molecule has 1 aromatic rings. The van der Waals surface area contributed by atoms with Crippen LogP contribution in [0, 0.1) is 5.92 Å². The lowest BCUT2D eigenvalue weighted by atomic mass is 10.1. The van der Waals surface area contributed by atoms with E-state index in [0.717, 1.165) is 29.1 Å². The van der Waals surface area contributed by atoms with Gasteiger partial charge < -0.3 is 5.32 Å². The molecular weight excluding hydrogens is 230 g/mol. The van der Waals surface area contributed by atoms with Crippen molar-refractivity contribution in [3.05, 3.63) is 17.1 Å². The van der Waals surface area contributed by atoms with Crippen LogP contribution in [-0.2, 0) is 11.5 Å². The smallest absolute Gasteiger partial charge is 0.134 e. The highest BCUT2D eigenvalue weighted by Crippen LogP contribution is 2.39. The van der Waals surface area contributed by atoms with Crippen LogP contribution >= 0.6 is 11.8 Å². The maximum Gasteiger partial charge on any atom is 0.134 e. The number of fused-ring (bicyclic) bond motifs is 1. The zero-order valence-electron chi connectivity index (χ0n) is 10.5. The van der Waals surface area contributed by atoms with E-state index < -0.39 is 0 Å². The minimum absolute atomic E-state index is 0.591. The lowest BCUT2D eigenvalue weighted by Crippen LogP contribution is -2.08. The first-order chi connectivity index (χ1) is 8.28. The van der Waals surface area contributed by atoms with Crippen molar-refractivity contribution in [1.29, 1.82) is 0 Å². The molecule has 2 unspecified atom stereocenters. The summed E-state index contributed by atoms with van der Waals surface area (Å²) in [4.78, 5) is 9.55. The zero-order valence-corrected chi connectivity index (χ0v) is 11.3. The molecule has 1 aliphatic heterocycles. The highest BCUT2D eigenvalue weighted by molar-refractivity contribution is 7.98. The fraction of sp³-hybridized carbons (Fsp3) is 0.692. The van der Waals surface area contributed by atoms with E-state index in [0.29, 0.717) is 5.92 Å². The number of nitrogens with zero attached hydrogens (tertiary/aromatic N) is 2. The minimum atomic E-state index is 0.591. The fourth-order valence-electron chi connectivity index (χ4n) is 2.90. The predicted molar refractivity (Wildman–Crippen MR) is 72.3 cm³/mol. The molecule has 17 heavy (non-hydrogen) atoms. The van der Waals surface area contributed by atoms with Crippen LogP contribution in [0.2, 0.25) is 0 Å². The van der Waals surface area contributed by atoms with Gasteiger partial charge in [-0.1, -0.05) is 6.92 Å². The van der Waals surface area contributed by atoms with Crippen LogP contribution in [0.4, 0.5) is 5.82 Å². The van der Waals surface area contributed by atoms with Gasteiger partial charge in [-0.25, -0.2) is 9.97 Å². The van der Waals surface area contributed by atoms with Crippen LogP contribution in [0.25, 0.3) is 0 Å². The quantitative estimate of drug-likeness (QED) is 0.873. The van der Waals surface area contributed by atoms with E-state index in [1.807, 2.05) is 18.8 Å². The van der Waals surface area contributed by atoms with Crippen LogP contribution in [0.1, 0.15) is 49.2 Å². The molecule has 4 heteroatoms. The van der Waals surface area contributed by atoms with Crippen LogP contribution in [0.3, 0.4) is 0 Å². The highest BCUT2D eigenvalue weighted by atomic mass is 32.2. The number of hydrogen-bond donors (Lipinski definition) is 1. The van der Waals surface area contributed by atoms with Gasteiger partial charge in [-0.05, 0) is 25.2 Å². The Morgan fingerprint density at radius 2 is 2.12 bits per heavy atom. The van der Waals surface area contributed by atoms with E-state index in [1.165, 1.54) is 30.5 Å². The molecule has 1 fully saturated rings. The van der Waals surface area contributed by atoms with Crippen molar-refractivity contribution >= 4 is 17.6 Å². The molecular formula is C13H19N3S. The summed E-state index contributed by atoms with van der Waals surface area (Å²) < 4.78 is 0. The largest absolute Gasteiger partial charge is 0.373 e. The second-order valence-electron chi connectivity index (χ2n) is 5.21. The molecule has 1 aliphatic carbocycles. The predicted octanol–water partition coefficient (Wildman–Crippen LogP) is 3.17. The Morgan fingerprint density at radius 1 is 1.24 bits per heavy atom. The number of hydrogen-bond acceptors (Lipinski definition) is 4. The first-order valence-electron chi connectivity index (χ1n) is 6.43. The summed E-state index contributed by atoms with van der Waals surface area (Å²) in [6.45, 7) is 2.34. The summed E-state index contributed by atoms with van der Waals surface area (Å²) in [5.74, 6) is 5.70. The van der Waals surface area contributed by atoms with Gasteiger partial charge in [-0.2, -0.15) is 11.8 Å². The summed E-state index contributed by atoms with van der Waals surface area (Å²) in [7, 11) is 1.96. The molecule has 2 aliphatic rings. The lowest BCUT2D eigenvalue weighted by molar-refractivity contribution is 0.584. The Labute approximate surface area is 107 Å². The van der Waals surface area contributed by atoms with Gasteiger partial charge in [-0.15, -0.1) is 0 Å².